The third-order valence-electron chi connectivity index (χ3n) is 3.33. The van der Waals surface area contributed by atoms with Crippen molar-refractivity contribution in [2.24, 2.45) is 0 Å². The molecule has 0 bridgehead atoms. The Bertz CT molecular complexity index is 640. The monoisotopic (exact) mass is 303 g/mol. The van der Waals surface area contributed by atoms with Crippen LogP contribution in [0.1, 0.15) is 21.5 Å². The molecule has 0 fully saturated rings. The van der Waals surface area contributed by atoms with Crippen molar-refractivity contribution < 1.29 is 9.18 Å². The normalized spacial score (nSPS) is 10.5. The lowest BCUT2D eigenvalue weighted by molar-refractivity contribution is 0.0785. The number of thioether (sulfide) groups is 1. The summed E-state index contributed by atoms with van der Waals surface area (Å²) in [7, 11) is 1.75. The maximum absolute atomic E-state index is 13.3. The number of hydrogen-bond donors (Lipinski definition) is 0. The van der Waals surface area contributed by atoms with E-state index in [1.54, 1.807) is 36.7 Å². The smallest absolute Gasteiger partial charge is 0.253 e. The third-order valence-corrected chi connectivity index (χ3v) is 4.07. The predicted molar refractivity (Wildman–Crippen MR) is 85.2 cm³/mol. The minimum atomic E-state index is -0.290. The molecular weight excluding hydrogens is 285 g/mol. The van der Waals surface area contributed by atoms with E-state index in [-0.39, 0.29) is 11.7 Å². The van der Waals surface area contributed by atoms with Gasteiger partial charge in [-0.3, -0.25) is 4.79 Å². The summed E-state index contributed by atoms with van der Waals surface area (Å²) in [6.45, 7) is 2.19. The van der Waals surface area contributed by atoms with Crippen molar-refractivity contribution in [3.63, 3.8) is 0 Å². The molecule has 0 aliphatic rings. The molecule has 0 heterocycles. The van der Waals surface area contributed by atoms with E-state index in [2.05, 4.69) is 0 Å². The van der Waals surface area contributed by atoms with Crippen LogP contribution in [0.5, 0.6) is 0 Å². The van der Waals surface area contributed by atoms with E-state index in [9.17, 15) is 9.18 Å². The third kappa shape index (κ3) is 3.85. The Hall–Kier alpha value is -1.81. The van der Waals surface area contributed by atoms with Gasteiger partial charge in [0.25, 0.3) is 5.91 Å². The van der Waals surface area contributed by atoms with E-state index in [0.717, 1.165) is 5.56 Å². The van der Waals surface area contributed by atoms with Gasteiger partial charge < -0.3 is 4.90 Å². The Kier molecular flexibility index (Phi) is 5.02. The van der Waals surface area contributed by atoms with E-state index in [1.165, 1.54) is 17.0 Å². The second-order valence-corrected chi connectivity index (χ2v) is 5.85. The number of carbonyl (C=O) groups is 1. The summed E-state index contributed by atoms with van der Waals surface area (Å²) in [5.41, 5.74) is 2.07. The summed E-state index contributed by atoms with van der Waals surface area (Å²) >= 11 is 1.69. The number of rotatable bonds is 4. The molecular formula is C17H18FNOS. The second-order valence-electron chi connectivity index (χ2n) is 4.97. The Morgan fingerprint density at radius 3 is 2.43 bits per heavy atom. The number of benzene rings is 2. The topological polar surface area (TPSA) is 20.3 Å². The molecule has 21 heavy (non-hydrogen) atoms. The van der Waals surface area contributed by atoms with Crippen LogP contribution in [0.2, 0.25) is 0 Å². The number of aryl methyl sites for hydroxylation is 1. The Morgan fingerprint density at radius 2 is 1.86 bits per heavy atom. The molecule has 0 N–H and O–H groups in total. The van der Waals surface area contributed by atoms with Gasteiger partial charge in [-0.1, -0.05) is 12.1 Å². The quantitative estimate of drug-likeness (QED) is 0.792. The van der Waals surface area contributed by atoms with Crippen LogP contribution in [0.15, 0.2) is 47.4 Å². The van der Waals surface area contributed by atoms with Crippen LogP contribution < -0.4 is 0 Å². The lowest BCUT2D eigenvalue weighted by Crippen LogP contribution is -2.26. The molecule has 0 aliphatic heterocycles. The largest absolute Gasteiger partial charge is 0.337 e. The van der Waals surface area contributed by atoms with Crippen LogP contribution in [0, 0.1) is 12.7 Å². The van der Waals surface area contributed by atoms with Crippen molar-refractivity contribution in [3.05, 3.63) is 65.0 Å². The van der Waals surface area contributed by atoms with Gasteiger partial charge in [-0.05, 0) is 54.6 Å². The zero-order valence-corrected chi connectivity index (χ0v) is 13.2. The Balaban J connectivity index is 2.09. The molecule has 2 rings (SSSR count). The first kappa shape index (κ1) is 15.6. The fourth-order valence-corrected chi connectivity index (χ4v) is 2.48. The van der Waals surface area contributed by atoms with E-state index >= 15 is 0 Å². The lowest BCUT2D eigenvalue weighted by atomic mass is 10.1. The molecule has 2 aromatic carbocycles. The van der Waals surface area contributed by atoms with Crippen LogP contribution >= 0.6 is 11.8 Å². The zero-order chi connectivity index (χ0) is 15.4. The summed E-state index contributed by atoms with van der Waals surface area (Å²) in [6.07, 6.45) is 2.03. The molecule has 0 saturated heterocycles. The molecule has 0 saturated carbocycles. The highest BCUT2D eigenvalue weighted by atomic mass is 32.2. The van der Waals surface area contributed by atoms with E-state index in [1.807, 2.05) is 30.5 Å². The van der Waals surface area contributed by atoms with Gasteiger partial charge in [-0.2, -0.15) is 0 Å². The maximum Gasteiger partial charge on any atom is 0.253 e. The van der Waals surface area contributed by atoms with Gasteiger partial charge in [-0.15, -0.1) is 11.8 Å². The molecule has 0 unspecified atom stereocenters. The summed E-state index contributed by atoms with van der Waals surface area (Å²) in [5.74, 6) is -0.395. The predicted octanol–water partition coefficient (Wildman–Crippen LogP) is 4.13. The molecule has 0 aliphatic carbocycles. The van der Waals surface area contributed by atoms with Gasteiger partial charge in [0.15, 0.2) is 0 Å². The second kappa shape index (κ2) is 6.76. The highest BCUT2D eigenvalue weighted by Gasteiger charge is 2.13. The van der Waals surface area contributed by atoms with Gasteiger partial charge in [0.2, 0.25) is 0 Å². The zero-order valence-electron chi connectivity index (χ0n) is 12.4. The summed E-state index contributed by atoms with van der Waals surface area (Å²) in [4.78, 5) is 15.2. The summed E-state index contributed by atoms with van der Waals surface area (Å²) in [6, 6.07) is 12.6. The summed E-state index contributed by atoms with van der Waals surface area (Å²) < 4.78 is 13.3. The van der Waals surface area contributed by atoms with Crippen molar-refractivity contribution in [1.29, 1.82) is 0 Å². The van der Waals surface area contributed by atoms with E-state index < -0.39 is 0 Å². The van der Waals surface area contributed by atoms with Gasteiger partial charge in [0.05, 0.1) is 0 Å². The molecule has 2 aromatic rings. The highest BCUT2D eigenvalue weighted by Crippen LogP contribution is 2.17. The maximum atomic E-state index is 13.3. The van der Waals surface area contributed by atoms with E-state index in [4.69, 9.17) is 0 Å². The van der Waals surface area contributed by atoms with Gasteiger partial charge in [0.1, 0.15) is 5.82 Å². The van der Waals surface area contributed by atoms with Gasteiger partial charge >= 0.3 is 0 Å². The Morgan fingerprint density at radius 1 is 1.19 bits per heavy atom. The number of halogens is 1. The minimum Gasteiger partial charge on any atom is -0.337 e. The number of carbonyl (C=O) groups excluding carboxylic acids is 1. The number of nitrogens with zero attached hydrogens (tertiary/aromatic N) is 1. The average Bonchev–Trinajstić information content (AvgIpc) is 2.50. The first-order valence-corrected chi connectivity index (χ1v) is 7.88. The van der Waals surface area contributed by atoms with Gasteiger partial charge in [0, 0.05) is 24.1 Å². The van der Waals surface area contributed by atoms with Crippen LogP contribution in [-0.2, 0) is 6.54 Å². The molecule has 1 amide bonds. The van der Waals surface area contributed by atoms with Crippen LogP contribution in [-0.4, -0.2) is 24.1 Å². The fourth-order valence-electron chi connectivity index (χ4n) is 2.07. The molecule has 0 aromatic heterocycles. The minimum absolute atomic E-state index is 0.105. The van der Waals surface area contributed by atoms with Crippen molar-refractivity contribution >= 4 is 17.7 Å². The molecule has 2 nitrogen and oxygen atoms in total. The number of hydrogen-bond acceptors (Lipinski definition) is 2. The van der Waals surface area contributed by atoms with E-state index in [0.29, 0.717) is 17.7 Å². The van der Waals surface area contributed by atoms with Crippen LogP contribution in [0.3, 0.4) is 0 Å². The number of amides is 1. The summed E-state index contributed by atoms with van der Waals surface area (Å²) in [5, 5.41) is 0. The highest BCUT2D eigenvalue weighted by molar-refractivity contribution is 7.98. The van der Waals surface area contributed by atoms with Crippen LogP contribution in [0.25, 0.3) is 0 Å². The Labute approximate surface area is 129 Å². The van der Waals surface area contributed by atoms with Gasteiger partial charge in [-0.25, -0.2) is 4.39 Å². The first-order chi connectivity index (χ1) is 10.0. The molecule has 0 spiro atoms. The molecule has 0 atom stereocenters. The van der Waals surface area contributed by atoms with Crippen molar-refractivity contribution in [3.8, 4) is 0 Å². The first-order valence-electron chi connectivity index (χ1n) is 6.66. The molecule has 4 heteroatoms. The average molecular weight is 303 g/mol. The van der Waals surface area contributed by atoms with Crippen molar-refractivity contribution in [1.82, 2.24) is 4.90 Å². The standard InChI is InChI=1S/C17H18FNOS/c1-12-10-14(6-9-16(12)18)17(20)19(2)11-13-4-7-15(21-3)8-5-13/h4-10H,11H2,1-3H3. The van der Waals surface area contributed by atoms with Crippen molar-refractivity contribution in [2.75, 3.05) is 13.3 Å². The molecule has 0 radical (unpaired) electrons. The molecule has 110 valence electrons. The SMILES string of the molecule is CSc1ccc(CN(C)C(=O)c2ccc(F)c(C)c2)cc1. The fraction of sp³-hybridized carbons (Fsp3) is 0.235. The van der Waals surface area contributed by atoms with Crippen LogP contribution in [0.4, 0.5) is 4.39 Å². The van der Waals surface area contributed by atoms with Crippen molar-refractivity contribution in [2.45, 2.75) is 18.4 Å². The lowest BCUT2D eigenvalue weighted by Gasteiger charge is -2.18.